The second kappa shape index (κ2) is 9.15. The van der Waals surface area contributed by atoms with Crippen LogP contribution in [0, 0.1) is 0 Å². The minimum Gasteiger partial charge on any atom is -0.438 e. The monoisotopic (exact) mass is 419 g/mol. The summed E-state index contributed by atoms with van der Waals surface area (Å²) in [7, 11) is -1.75. The van der Waals surface area contributed by atoms with Crippen LogP contribution in [0.1, 0.15) is 37.0 Å². The largest absolute Gasteiger partial charge is 0.438 e. The molecule has 8 nitrogen and oxygen atoms in total. The molecule has 9 heteroatoms. The Kier molecular flexibility index (Phi) is 7.10. The average molecular weight is 420 g/mol. The van der Waals surface area contributed by atoms with Crippen LogP contribution in [-0.4, -0.2) is 43.7 Å². The Labute approximate surface area is 170 Å². The third kappa shape index (κ3) is 6.65. The van der Waals surface area contributed by atoms with Crippen molar-refractivity contribution in [3.63, 3.8) is 0 Å². The normalized spacial score (nSPS) is 13.3. The van der Waals surface area contributed by atoms with Crippen molar-refractivity contribution in [1.82, 2.24) is 15.3 Å². The first-order valence-electron chi connectivity index (χ1n) is 8.86. The molecule has 0 spiro atoms. The van der Waals surface area contributed by atoms with E-state index in [9.17, 15) is 13.2 Å². The number of ether oxygens (including phenoxy) is 2. The Morgan fingerprint density at radius 1 is 1.24 bits per heavy atom. The van der Waals surface area contributed by atoms with Crippen molar-refractivity contribution in [1.29, 1.82) is 0 Å². The topological polar surface area (TPSA) is 107 Å². The first-order chi connectivity index (χ1) is 13.5. The van der Waals surface area contributed by atoms with E-state index in [0.29, 0.717) is 11.6 Å². The van der Waals surface area contributed by atoms with Gasteiger partial charge in [0, 0.05) is 31.0 Å². The molecule has 0 fully saturated rings. The van der Waals surface area contributed by atoms with Gasteiger partial charge in [-0.15, -0.1) is 0 Å². The van der Waals surface area contributed by atoms with E-state index in [1.807, 2.05) is 6.07 Å². The van der Waals surface area contributed by atoms with Crippen LogP contribution in [0.4, 0.5) is 0 Å². The molecule has 0 bridgehead atoms. The molecule has 0 saturated carbocycles. The molecular formula is C20H25N3O5S. The number of benzene rings is 1. The fourth-order valence-corrected chi connectivity index (χ4v) is 2.70. The highest BCUT2D eigenvalue weighted by Crippen LogP contribution is 2.27. The van der Waals surface area contributed by atoms with Crippen molar-refractivity contribution < 1.29 is 22.7 Å². The molecule has 1 atom stereocenters. The number of hydrogen-bond acceptors (Lipinski definition) is 7. The lowest BCUT2D eigenvalue weighted by atomic mass is 10.1. The van der Waals surface area contributed by atoms with Crippen LogP contribution in [0.2, 0.25) is 0 Å². The van der Waals surface area contributed by atoms with Gasteiger partial charge in [-0.2, -0.15) is 4.98 Å². The highest BCUT2D eigenvalue weighted by Gasteiger charge is 2.26. The predicted molar refractivity (Wildman–Crippen MR) is 109 cm³/mol. The van der Waals surface area contributed by atoms with Gasteiger partial charge in [0.15, 0.2) is 15.7 Å². The smallest absolute Gasteiger partial charge is 0.258 e. The predicted octanol–water partition coefficient (Wildman–Crippen LogP) is 2.83. The van der Waals surface area contributed by atoms with E-state index in [0.717, 1.165) is 11.7 Å². The van der Waals surface area contributed by atoms with E-state index in [4.69, 9.17) is 9.47 Å². The number of methoxy groups -OCH3 is 1. The third-order valence-corrected chi connectivity index (χ3v) is 4.63. The zero-order valence-electron chi connectivity index (χ0n) is 17.0. The Hall–Kier alpha value is -2.78. The molecule has 29 heavy (non-hydrogen) atoms. The summed E-state index contributed by atoms with van der Waals surface area (Å²) in [5.41, 5.74) is -0.668. The highest BCUT2D eigenvalue weighted by atomic mass is 32.2. The summed E-state index contributed by atoms with van der Waals surface area (Å²) in [6.45, 7) is 5.25. The van der Waals surface area contributed by atoms with Gasteiger partial charge in [0.2, 0.25) is 5.88 Å². The molecule has 2 rings (SSSR count). The number of para-hydroxylation sites is 1. The van der Waals surface area contributed by atoms with Gasteiger partial charge in [-0.3, -0.25) is 4.79 Å². The minimum absolute atomic E-state index is 0.0723. The summed E-state index contributed by atoms with van der Waals surface area (Å²) < 4.78 is 33.8. The third-order valence-electron chi connectivity index (χ3n) is 3.98. The van der Waals surface area contributed by atoms with Crippen molar-refractivity contribution in [3.8, 4) is 11.6 Å². The van der Waals surface area contributed by atoms with Crippen LogP contribution < -0.4 is 10.1 Å². The molecule has 0 aliphatic rings. The number of sulfone groups is 1. The summed E-state index contributed by atoms with van der Waals surface area (Å²) in [6.07, 6.45) is 3.83. The van der Waals surface area contributed by atoms with Gasteiger partial charge in [-0.25, -0.2) is 13.4 Å². The number of nitrogens with one attached hydrogen (secondary N) is 1. The number of carbonyl (C=O) groups is 1. The van der Waals surface area contributed by atoms with Gasteiger partial charge in [-0.1, -0.05) is 24.3 Å². The van der Waals surface area contributed by atoms with E-state index in [2.05, 4.69) is 15.3 Å². The average Bonchev–Trinajstić information content (AvgIpc) is 2.66. The molecule has 2 aromatic rings. The van der Waals surface area contributed by atoms with Crippen molar-refractivity contribution in [2.75, 3.05) is 13.4 Å². The number of aromatic nitrogens is 2. The highest BCUT2D eigenvalue weighted by molar-refractivity contribution is 7.93. The van der Waals surface area contributed by atoms with Crippen molar-refractivity contribution in [2.24, 2.45) is 0 Å². The second-order valence-electron chi connectivity index (χ2n) is 6.96. The number of carbonyl (C=O) groups excluding carboxylic acids is 1. The second-order valence-corrected chi connectivity index (χ2v) is 8.89. The Morgan fingerprint density at radius 2 is 1.90 bits per heavy atom. The van der Waals surface area contributed by atoms with Crippen LogP contribution in [0.5, 0.6) is 11.6 Å². The lowest BCUT2D eigenvalue weighted by Crippen LogP contribution is -2.32. The Bertz CT molecular complexity index is 988. The number of hydrogen-bond donors (Lipinski definition) is 1. The number of rotatable bonds is 8. The van der Waals surface area contributed by atoms with E-state index >= 15 is 0 Å². The van der Waals surface area contributed by atoms with Gasteiger partial charge in [0.25, 0.3) is 5.91 Å². The lowest BCUT2D eigenvalue weighted by Gasteiger charge is -2.22. The maximum Gasteiger partial charge on any atom is 0.258 e. The number of amides is 1. The molecule has 1 unspecified atom stereocenters. The molecule has 0 radical (unpaired) electrons. The van der Waals surface area contributed by atoms with Crippen LogP contribution in [-0.2, 0) is 20.2 Å². The Morgan fingerprint density at radius 3 is 2.48 bits per heavy atom. The van der Waals surface area contributed by atoms with Crippen LogP contribution in [0.3, 0.4) is 0 Å². The molecule has 1 N–H and O–H groups in total. The summed E-state index contributed by atoms with van der Waals surface area (Å²) in [5.74, 6) is 0.436. The summed E-state index contributed by atoms with van der Waals surface area (Å²) in [4.78, 5) is 21.4. The molecule has 1 amide bonds. The zero-order chi connectivity index (χ0) is 21.7. The number of nitrogens with zero attached hydrogens (tertiary/aromatic N) is 2. The maximum absolute atomic E-state index is 12.7. The van der Waals surface area contributed by atoms with Gasteiger partial charge in [0.05, 0.1) is 0 Å². The minimum atomic E-state index is -3.29. The maximum atomic E-state index is 12.7. The zero-order valence-corrected chi connectivity index (χ0v) is 17.9. The molecule has 156 valence electrons. The lowest BCUT2D eigenvalue weighted by molar-refractivity contribution is 0.0110. The van der Waals surface area contributed by atoms with Crippen LogP contribution in [0.25, 0.3) is 0 Å². The molecule has 0 aliphatic heterocycles. The quantitative estimate of drug-likeness (QED) is 0.701. The molecular weight excluding hydrogens is 394 g/mol. The molecule has 1 aromatic heterocycles. The molecule has 1 heterocycles. The standard InChI is InChI=1S/C20H25N3O5S/c1-14(11-12-29(5,25)26)22-17(24)16-13-21-19(20(2,3)27-4)23-18(16)28-15-9-7-6-8-10-15/h6-14H,1-5H3,(H,22,24)/b12-11+. The SMILES string of the molecule is COC(C)(C)c1ncc(C(=O)NC(C)/C=C/S(C)(=O)=O)c(Oc2ccccc2)n1. The van der Waals surface area contributed by atoms with Crippen LogP contribution >= 0.6 is 0 Å². The van der Waals surface area contributed by atoms with Gasteiger partial charge < -0.3 is 14.8 Å². The Balaban J connectivity index is 2.36. The van der Waals surface area contributed by atoms with Crippen LogP contribution in [0.15, 0.2) is 48.0 Å². The van der Waals surface area contributed by atoms with E-state index in [1.165, 1.54) is 19.4 Å². The van der Waals surface area contributed by atoms with E-state index < -0.39 is 27.4 Å². The van der Waals surface area contributed by atoms with Gasteiger partial charge >= 0.3 is 0 Å². The summed E-state index contributed by atoms with van der Waals surface area (Å²) >= 11 is 0. The first-order valence-corrected chi connectivity index (χ1v) is 10.8. The summed E-state index contributed by atoms with van der Waals surface area (Å²) in [6, 6.07) is 8.39. The molecule has 0 aliphatic carbocycles. The van der Waals surface area contributed by atoms with Gasteiger partial charge in [-0.05, 0) is 32.9 Å². The summed E-state index contributed by atoms with van der Waals surface area (Å²) in [5, 5.41) is 3.73. The first kappa shape index (κ1) is 22.5. The molecule has 1 aromatic carbocycles. The van der Waals surface area contributed by atoms with E-state index in [-0.39, 0.29) is 11.4 Å². The van der Waals surface area contributed by atoms with E-state index in [1.54, 1.807) is 45.0 Å². The van der Waals surface area contributed by atoms with Crippen molar-refractivity contribution >= 4 is 15.7 Å². The van der Waals surface area contributed by atoms with Crippen molar-refractivity contribution in [2.45, 2.75) is 32.4 Å². The van der Waals surface area contributed by atoms with Gasteiger partial charge in [0.1, 0.15) is 16.9 Å². The fraction of sp³-hybridized carbons (Fsp3) is 0.350. The fourth-order valence-electron chi connectivity index (χ4n) is 2.17. The van der Waals surface area contributed by atoms with Crippen molar-refractivity contribution in [3.05, 3.63) is 59.4 Å². The molecule has 0 saturated heterocycles.